The second-order valence-corrected chi connectivity index (χ2v) is 4.57. The summed E-state index contributed by atoms with van der Waals surface area (Å²) in [4.78, 5) is 0. The van der Waals surface area contributed by atoms with Crippen molar-refractivity contribution in [2.24, 2.45) is 0 Å². The molecule has 0 aromatic heterocycles. The molecule has 0 saturated heterocycles. The van der Waals surface area contributed by atoms with E-state index in [0.717, 1.165) is 12.8 Å². The minimum absolute atomic E-state index is 0.523. The summed E-state index contributed by atoms with van der Waals surface area (Å²) in [5.74, 6) is 0. The fourth-order valence-corrected chi connectivity index (χ4v) is 1.73. The van der Waals surface area contributed by atoms with Crippen molar-refractivity contribution >= 4 is 0 Å². The van der Waals surface area contributed by atoms with E-state index in [4.69, 9.17) is 5.11 Å². The summed E-state index contributed by atoms with van der Waals surface area (Å²) in [6, 6.07) is 0. The Morgan fingerprint density at radius 2 is 1.27 bits per heavy atom. The van der Waals surface area contributed by atoms with Crippen LogP contribution in [0.1, 0.15) is 71.6 Å². The monoisotopic (exact) mass is 216 g/mol. The second kappa shape index (κ2) is 10.4. The van der Waals surface area contributed by atoms with Crippen LogP contribution in [0.5, 0.6) is 0 Å². The minimum atomic E-state index is -0.574. The van der Waals surface area contributed by atoms with Gasteiger partial charge in [-0.3, -0.25) is 0 Å². The maximum atomic E-state index is 9.35. The molecule has 15 heavy (non-hydrogen) atoms. The van der Waals surface area contributed by atoms with Gasteiger partial charge in [0.15, 0.2) is 0 Å². The maximum absolute atomic E-state index is 9.35. The fourth-order valence-electron chi connectivity index (χ4n) is 1.73. The summed E-state index contributed by atoms with van der Waals surface area (Å²) >= 11 is 0. The van der Waals surface area contributed by atoms with E-state index in [0.29, 0.717) is 0 Å². The predicted molar refractivity (Wildman–Crippen MR) is 64.9 cm³/mol. The van der Waals surface area contributed by atoms with Crippen molar-refractivity contribution in [3.8, 4) is 0 Å². The Bertz CT molecular complexity index is 124. The number of aliphatic hydroxyl groups is 2. The van der Waals surface area contributed by atoms with Crippen LogP contribution in [0.25, 0.3) is 0 Å². The van der Waals surface area contributed by atoms with Crippen molar-refractivity contribution in [1.29, 1.82) is 0 Å². The van der Waals surface area contributed by atoms with Crippen molar-refractivity contribution in [1.82, 2.24) is 0 Å². The van der Waals surface area contributed by atoms with Gasteiger partial charge in [-0.2, -0.15) is 0 Å². The van der Waals surface area contributed by atoms with E-state index in [9.17, 15) is 5.11 Å². The number of aliphatic hydroxyl groups excluding tert-OH is 2. The van der Waals surface area contributed by atoms with Gasteiger partial charge < -0.3 is 10.2 Å². The van der Waals surface area contributed by atoms with E-state index in [2.05, 4.69) is 6.92 Å². The van der Waals surface area contributed by atoms with Gasteiger partial charge in [0.05, 0.1) is 12.2 Å². The highest BCUT2D eigenvalue weighted by Gasteiger charge is 2.09. The van der Waals surface area contributed by atoms with Gasteiger partial charge in [0.25, 0.3) is 0 Å². The molecular weight excluding hydrogens is 188 g/mol. The zero-order chi connectivity index (χ0) is 11.5. The molecule has 2 atom stereocenters. The number of unbranched alkanes of at least 4 members (excludes halogenated alkanes) is 7. The van der Waals surface area contributed by atoms with Crippen LogP contribution in [0.2, 0.25) is 0 Å². The lowest BCUT2D eigenvalue weighted by atomic mass is 10.0. The molecule has 0 radical (unpaired) electrons. The quantitative estimate of drug-likeness (QED) is 0.550. The topological polar surface area (TPSA) is 40.5 Å². The molecule has 0 amide bonds. The highest BCUT2D eigenvalue weighted by molar-refractivity contribution is 4.61. The van der Waals surface area contributed by atoms with Crippen LogP contribution in [0.4, 0.5) is 0 Å². The largest absolute Gasteiger partial charge is 0.391 e. The molecule has 2 heteroatoms. The third kappa shape index (κ3) is 10.2. The fraction of sp³-hybridized carbons (Fsp3) is 1.00. The molecule has 0 spiro atoms. The van der Waals surface area contributed by atoms with E-state index in [1.165, 1.54) is 44.9 Å². The van der Waals surface area contributed by atoms with Gasteiger partial charge in [-0.05, 0) is 13.3 Å². The molecule has 0 aromatic rings. The summed E-state index contributed by atoms with van der Waals surface area (Å²) in [6.07, 6.45) is 9.87. The summed E-state index contributed by atoms with van der Waals surface area (Å²) in [6.45, 7) is 3.88. The van der Waals surface area contributed by atoms with Gasteiger partial charge in [0, 0.05) is 0 Å². The van der Waals surface area contributed by atoms with Gasteiger partial charge in [-0.25, -0.2) is 0 Å². The normalized spacial score (nSPS) is 15.2. The van der Waals surface area contributed by atoms with Crippen molar-refractivity contribution in [3.63, 3.8) is 0 Å². The second-order valence-electron chi connectivity index (χ2n) is 4.57. The highest BCUT2D eigenvalue weighted by Crippen LogP contribution is 2.11. The summed E-state index contributed by atoms with van der Waals surface area (Å²) in [7, 11) is 0. The standard InChI is InChI=1S/C13H28O2/c1-3-4-5-6-7-8-9-10-11-13(15)12(2)14/h12-15H,3-11H2,1-2H3/t12-,13+/m1/s1. The van der Waals surface area contributed by atoms with Gasteiger partial charge in [-0.15, -0.1) is 0 Å². The van der Waals surface area contributed by atoms with Crippen LogP contribution < -0.4 is 0 Å². The van der Waals surface area contributed by atoms with E-state index >= 15 is 0 Å². The van der Waals surface area contributed by atoms with Crippen LogP contribution >= 0.6 is 0 Å². The Morgan fingerprint density at radius 3 is 1.73 bits per heavy atom. The molecule has 0 aliphatic rings. The lowest BCUT2D eigenvalue weighted by Gasteiger charge is -2.12. The average Bonchev–Trinajstić information content (AvgIpc) is 2.21. The van der Waals surface area contributed by atoms with Gasteiger partial charge >= 0.3 is 0 Å². The van der Waals surface area contributed by atoms with Gasteiger partial charge in [0.2, 0.25) is 0 Å². The molecule has 0 aromatic carbocycles. The molecule has 0 fully saturated rings. The molecule has 0 aliphatic heterocycles. The number of hydrogen-bond donors (Lipinski definition) is 2. The minimum Gasteiger partial charge on any atom is -0.391 e. The summed E-state index contributed by atoms with van der Waals surface area (Å²) < 4.78 is 0. The smallest absolute Gasteiger partial charge is 0.0796 e. The van der Waals surface area contributed by atoms with Gasteiger partial charge in [0.1, 0.15) is 0 Å². The SMILES string of the molecule is CCCCCCCCCC[C@H](O)[C@@H](C)O. The lowest BCUT2D eigenvalue weighted by Crippen LogP contribution is -2.21. The first-order chi connectivity index (χ1) is 7.18. The number of hydrogen-bond acceptors (Lipinski definition) is 2. The van der Waals surface area contributed by atoms with Crippen LogP contribution in [0, 0.1) is 0 Å². The van der Waals surface area contributed by atoms with E-state index in [1.54, 1.807) is 6.92 Å². The van der Waals surface area contributed by atoms with E-state index < -0.39 is 12.2 Å². The molecule has 0 aliphatic carbocycles. The Hall–Kier alpha value is -0.0800. The molecule has 0 saturated carbocycles. The highest BCUT2D eigenvalue weighted by atomic mass is 16.3. The predicted octanol–water partition coefficient (Wildman–Crippen LogP) is 3.26. The van der Waals surface area contributed by atoms with Crippen LogP contribution in [-0.4, -0.2) is 22.4 Å². The molecular formula is C13H28O2. The third-order valence-corrected chi connectivity index (χ3v) is 2.91. The molecule has 0 unspecified atom stereocenters. The molecule has 0 rings (SSSR count). The number of rotatable bonds is 10. The molecule has 2 nitrogen and oxygen atoms in total. The van der Waals surface area contributed by atoms with Crippen molar-refractivity contribution in [3.05, 3.63) is 0 Å². The van der Waals surface area contributed by atoms with E-state index in [1.807, 2.05) is 0 Å². The first kappa shape index (κ1) is 14.9. The first-order valence-electron chi connectivity index (χ1n) is 6.54. The third-order valence-electron chi connectivity index (χ3n) is 2.91. The zero-order valence-electron chi connectivity index (χ0n) is 10.4. The van der Waals surface area contributed by atoms with Crippen LogP contribution in [0.15, 0.2) is 0 Å². The van der Waals surface area contributed by atoms with E-state index in [-0.39, 0.29) is 0 Å². The Labute approximate surface area is 94.7 Å². The Morgan fingerprint density at radius 1 is 0.800 bits per heavy atom. The molecule has 0 heterocycles. The lowest BCUT2D eigenvalue weighted by molar-refractivity contribution is 0.0247. The Kier molecular flexibility index (Phi) is 10.4. The maximum Gasteiger partial charge on any atom is 0.0796 e. The molecule has 2 N–H and O–H groups in total. The first-order valence-corrected chi connectivity index (χ1v) is 6.54. The average molecular weight is 216 g/mol. The Balaban J connectivity index is 3.05. The molecule has 92 valence electrons. The van der Waals surface area contributed by atoms with Crippen molar-refractivity contribution < 1.29 is 10.2 Å². The van der Waals surface area contributed by atoms with Crippen molar-refractivity contribution in [2.75, 3.05) is 0 Å². The van der Waals surface area contributed by atoms with Crippen LogP contribution in [0.3, 0.4) is 0 Å². The van der Waals surface area contributed by atoms with Gasteiger partial charge in [-0.1, -0.05) is 58.3 Å². The zero-order valence-corrected chi connectivity index (χ0v) is 10.4. The summed E-state index contributed by atoms with van der Waals surface area (Å²) in [5, 5.41) is 18.4. The van der Waals surface area contributed by atoms with Crippen molar-refractivity contribution in [2.45, 2.75) is 83.8 Å². The summed E-state index contributed by atoms with van der Waals surface area (Å²) in [5.41, 5.74) is 0. The molecule has 0 bridgehead atoms. The van der Waals surface area contributed by atoms with Crippen LogP contribution in [-0.2, 0) is 0 Å².